The van der Waals surface area contributed by atoms with Crippen molar-refractivity contribution in [2.24, 2.45) is 5.73 Å². The van der Waals surface area contributed by atoms with E-state index in [1.54, 1.807) is 0 Å². The SMILES string of the molecule is NCCn1ncc2ccc3c(c21)CCO3.O=C(O)/C=C/C(=O)O. The van der Waals surface area contributed by atoms with Crippen LogP contribution >= 0.6 is 0 Å². The first kappa shape index (κ1) is 16.5. The number of aliphatic carboxylic acids is 2. The van der Waals surface area contributed by atoms with E-state index in [2.05, 4.69) is 11.2 Å². The fourth-order valence-electron chi connectivity index (χ4n) is 2.31. The summed E-state index contributed by atoms with van der Waals surface area (Å²) in [5.74, 6) is -1.51. The van der Waals surface area contributed by atoms with Crippen LogP contribution in [0.25, 0.3) is 10.9 Å². The van der Waals surface area contributed by atoms with Gasteiger partial charge in [0.05, 0.1) is 24.9 Å². The molecule has 122 valence electrons. The molecule has 0 unspecified atom stereocenters. The van der Waals surface area contributed by atoms with Gasteiger partial charge in [-0.15, -0.1) is 0 Å². The highest BCUT2D eigenvalue weighted by Crippen LogP contribution is 2.32. The first-order valence-electron chi connectivity index (χ1n) is 6.97. The van der Waals surface area contributed by atoms with Gasteiger partial charge in [0, 0.05) is 36.1 Å². The molecule has 8 heteroatoms. The highest BCUT2D eigenvalue weighted by Gasteiger charge is 2.17. The van der Waals surface area contributed by atoms with Crippen LogP contribution in [-0.2, 0) is 22.6 Å². The summed E-state index contributed by atoms with van der Waals surface area (Å²) in [5.41, 5.74) is 8.03. The second kappa shape index (κ2) is 7.41. The number of nitrogens with two attached hydrogens (primary N) is 1. The average molecular weight is 319 g/mol. The lowest BCUT2D eigenvalue weighted by Crippen LogP contribution is -2.11. The number of carboxylic acid groups (broad SMARTS) is 2. The highest BCUT2D eigenvalue weighted by atomic mass is 16.5. The van der Waals surface area contributed by atoms with E-state index < -0.39 is 11.9 Å². The van der Waals surface area contributed by atoms with Gasteiger partial charge in [-0.05, 0) is 12.1 Å². The van der Waals surface area contributed by atoms with Gasteiger partial charge in [0.1, 0.15) is 5.75 Å². The van der Waals surface area contributed by atoms with Crippen LogP contribution in [0.2, 0.25) is 0 Å². The van der Waals surface area contributed by atoms with Crippen LogP contribution < -0.4 is 10.5 Å². The molecule has 0 radical (unpaired) electrons. The molecule has 1 aliphatic heterocycles. The van der Waals surface area contributed by atoms with E-state index in [0.717, 1.165) is 25.3 Å². The molecule has 2 aromatic rings. The Morgan fingerprint density at radius 3 is 2.61 bits per heavy atom. The standard InChI is InChI=1S/C11H13N3O.C4H4O4/c12-4-5-14-11-8(7-13-14)1-2-10-9(11)3-6-15-10;5-3(6)1-2-4(7)8/h1-2,7H,3-6,12H2;1-2H,(H,5,6)(H,7,8)/b;2-1+. The van der Waals surface area contributed by atoms with Crippen molar-refractivity contribution in [3.8, 4) is 5.75 Å². The van der Waals surface area contributed by atoms with Crippen molar-refractivity contribution in [1.29, 1.82) is 0 Å². The monoisotopic (exact) mass is 319 g/mol. The second-order valence-electron chi connectivity index (χ2n) is 4.74. The Hall–Kier alpha value is -2.87. The Bertz CT molecular complexity index is 735. The minimum absolute atomic E-state index is 0.558. The zero-order valence-electron chi connectivity index (χ0n) is 12.3. The van der Waals surface area contributed by atoms with Crippen molar-refractivity contribution in [1.82, 2.24) is 9.78 Å². The van der Waals surface area contributed by atoms with Gasteiger partial charge < -0.3 is 20.7 Å². The van der Waals surface area contributed by atoms with Gasteiger partial charge in [-0.2, -0.15) is 5.10 Å². The third kappa shape index (κ3) is 4.07. The van der Waals surface area contributed by atoms with Crippen LogP contribution in [0.3, 0.4) is 0 Å². The van der Waals surface area contributed by atoms with Crippen LogP contribution in [0.5, 0.6) is 5.75 Å². The van der Waals surface area contributed by atoms with Gasteiger partial charge in [0.15, 0.2) is 0 Å². The second-order valence-corrected chi connectivity index (χ2v) is 4.74. The van der Waals surface area contributed by atoms with Crippen molar-refractivity contribution in [3.05, 3.63) is 36.0 Å². The Morgan fingerprint density at radius 2 is 2.00 bits per heavy atom. The first-order chi connectivity index (χ1) is 11.0. The van der Waals surface area contributed by atoms with Crippen molar-refractivity contribution >= 4 is 22.8 Å². The quantitative estimate of drug-likeness (QED) is 0.705. The largest absolute Gasteiger partial charge is 0.493 e. The molecule has 0 saturated heterocycles. The summed E-state index contributed by atoms with van der Waals surface area (Å²) in [6.07, 6.45) is 3.98. The van der Waals surface area contributed by atoms with Gasteiger partial charge in [0.25, 0.3) is 0 Å². The lowest BCUT2D eigenvalue weighted by Gasteiger charge is -2.04. The van der Waals surface area contributed by atoms with E-state index in [9.17, 15) is 9.59 Å². The lowest BCUT2D eigenvalue weighted by atomic mass is 10.1. The van der Waals surface area contributed by atoms with Crippen LogP contribution in [0, 0.1) is 0 Å². The molecular formula is C15H17N3O5. The third-order valence-electron chi connectivity index (χ3n) is 3.18. The minimum atomic E-state index is -1.26. The van der Waals surface area contributed by atoms with Crippen LogP contribution in [0.15, 0.2) is 30.5 Å². The van der Waals surface area contributed by atoms with Crippen molar-refractivity contribution < 1.29 is 24.5 Å². The van der Waals surface area contributed by atoms with Crippen LogP contribution in [0.4, 0.5) is 0 Å². The summed E-state index contributed by atoms with van der Waals surface area (Å²) in [4.78, 5) is 19.1. The molecule has 1 aromatic carbocycles. The Labute approximate surface area is 131 Å². The van der Waals surface area contributed by atoms with E-state index in [1.165, 1.54) is 16.5 Å². The van der Waals surface area contributed by atoms with Gasteiger partial charge in [-0.3, -0.25) is 4.68 Å². The number of aromatic nitrogens is 2. The summed E-state index contributed by atoms with van der Waals surface area (Å²) in [7, 11) is 0. The molecular weight excluding hydrogens is 302 g/mol. The summed E-state index contributed by atoms with van der Waals surface area (Å²) in [6.45, 7) is 2.16. The molecule has 0 saturated carbocycles. The fourth-order valence-corrected chi connectivity index (χ4v) is 2.31. The maximum atomic E-state index is 9.55. The molecule has 8 nitrogen and oxygen atoms in total. The molecule has 0 spiro atoms. The maximum Gasteiger partial charge on any atom is 0.328 e. The zero-order valence-corrected chi connectivity index (χ0v) is 12.3. The van der Waals surface area contributed by atoms with Gasteiger partial charge in [-0.25, -0.2) is 9.59 Å². The maximum absolute atomic E-state index is 9.55. The Kier molecular flexibility index (Phi) is 5.32. The molecule has 1 aliphatic rings. The predicted molar refractivity (Wildman–Crippen MR) is 82.4 cm³/mol. The lowest BCUT2D eigenvalue weighted by molar-refractivity contribution is -0.134. The average Bonchev–Trinajstić information content (AvgIpc) is 3.12. The summed E-state index contributed by atoms with van der Waals surface area (Å²) >= 11 is 0. The van der Waals surface area contributed by atoms with Crippen molar-refractivity contribution in [2.75, 3.05) is 13.2 Å². The Morgan fingerprint density at radius 1 is 1.30 bits per heavy atom. The third-order valence-corrected chi connectivity index (χ3v) is 3.18. The molecule has 0 atom stereocenters. The number of ether oxygens (including phenoxy) is 1. The number of fused-ring (bicyclic) bond motifs is 3. The van der Waals surface area contributed by atoms with Gasteiger partial charge in [-0.1, -0.05) is 0 Å². The molecule has 4 N–H and O–H groups in total. The van der Waals surface area contributed by atoms with E-state index in [4.69, 9.17) is 20.7 Å². The molecule has 0 fully saturated rings. The van der Waals surface area contributed by atoms with E-state index in [0.29, 0.717) is 18.7 Å². The van der Waals surface area contributed by atoms with E-state index >= 15 is 0 Å². The Balaban J connectivity index is 0.000000207. The number of carbonyl (C=O) groups is 2. The number of benzene rings is 1. The predicted octanol–water partition coefficient (Wildman–Crippen LogP) is 0.642. The summed E-state index contributed by atoms with van der Waals surface area (Å²) in [5, 5.41) is 21.1. The molecule has 0 bridgehead atoms. The summed E-state index contributed by atoms with van der Waals surface area (Å²) < 4.78 is 7.51. The number of hydrogen-bond donors (Lipinski definition) is 3. The molecule has 0 amide bonds. The highest BCUT2D eigenvalue weighted by molar-refractivity contribution is 5.89. The van der Waals surface area contributed by atoms with E-state index in [-0.39, 0.29) is 0 Å². The molecule has 0 aliphatic carbocycles. The summed E-state index contributed by atoms with van der Waals surface area (Å²) in [6, 6.07) is 4.08. The fraction of sp³-hybridized carbons (Fsp3) is 0.267. The normalized spacial score (nSPS) is 12.6. The van der Waals surface area contributed by atoms with Crippen LogP contribution in [-0.4, -0.2) is 45.1 Å². The van der Waals surface area contributed by atoms with Crippen molar-refractivity contribution in [2.45, 2.75) is 13.0 Å². The molecule has 2 heterocycles. The molecule has 23 heavy (non-hydrogen) atoms. The molecule has 3 rings (SSSR count). The van der Waals surface area contributed by atoms with Gasteiger partial charge >= 0.3 is 11.9 Å². The number of carboxylic acids is 2. The first-order valence-corrected chi connectivity index (χ1v) is 6.97. The number of hydrogen-bond acceptors (Lipinski definition) is 5. The van der Waals surface area contributed by atoms with Crippen LogP contribution in [0.1, 0.15) is 5.56 Å². The minimum Gasteiger partial charge on any atom is -0.493 e. The van der Waals surface area contributed by atoms with Gasteiger partial charge in [0.2, 0.25) is 0 Å². The number of nitrogens with zero attached hydrogens (tertiary/aromatic N) is 2. The molecule has 1 aromatic heterocycles. The number of rotatable bonds is 4. The van der Waals surface area contributed by atoms with E-state index in [1.807, 2.05) is 16.9 Å². The zero-order chi connectivity index (χ0) is 16.8. The smallest absolute Gasteiger partial charge is 0.328 e. The van der Waals surface area contributed by atoms with Crippen molar-refractivity contribution in [3.63, 3.8) is 0 Å². The topological polar surface area (TPSA) is 128 Å².